The minimum Gasteiger partial charge on any atom is -0.480 e. The molecule has 0 bridgehead atoms. The van der Waals surface area contributed by atoms with Crippen molar-refractivity contribution in [2.45, 2.75) is 37.4 Å². The molecule has 0 unspecified atom stereocenters. The number of hydrogen-bond donors (Lipinski definition) is 4. The summed E-state index contributed by atoms with van der Waals surface area (Å²) in [5, 5.41) is 17.7. The third-order valence-electron chi connectivity index (χ3n) is 5.01. The van der Waals surface area contributed by atoms with Gasteiger partial charge in [-0.3, -0.25) is 14.4 Å². The third-order valence-corrected chi connectivity index (χ3v) is 5.60. The number of benzene rings is 2. The van der Waals surface area contributed by atoms with E-state index >= 15 is 0 Å². The molecule has 1 saturated heterocycles. The van der Waals surface area contributed by atoms with Crippen molar-refractivity contribution in [1.29, 1.82) is 0 Å². The predicted octanol–water partition coefficient (Wildman–Crippen LogP) is 1.72. The van der Waals surface area contributed by atoms with Crippen molar-refractivity contribution >= 4 is 46.9 Å². The molecular weight excluding hydrogens is 457 g/mol. The molecule has 0 aromatic heterocycles. The highest BCUT2D eigenvalue weighted by molar-refractivity contribution is 6.35. The maximum atomic E-state index is 12.4. The molecular formula is C22H21Cl2N3O5. The van der Waals surface area contributed by atoms with Crippen molar-refractivity contribution in [3.63, 3.8) is 0 Å². The van der Waals surface area contributed by atoms with Crippen molar-refractivity contribution in [2.75, 3.05) is 0 Å². The summed E-state index contributed by atoms with van der Waals surface area (Å²) in [6, 6.07) is 10.7. The van der Waals surface area contributed by atoms with Crippen LogP contribution in [0.15, 0.2) is 48.5 Å². The smallest absolute Gasteiger partial charge is 0.326 e. The minimum absolute atomic E-state index is 0.0700. The highest BCUT2D eigenvalue weighted by Crippen LogP contribution is 2.22. The fraction of sp³-hybridized carbons (Fsp3) is 0.273. The lowest BCUT2D eigenvalue weighted by Gasteiger charge is -2.29. The van der Waals surface area contributed by atoms with E-state index in [0.29, 0.717) is 17.0 Å². The van der Waals surface area contributed by atoms with Crippen LogP contribution in [0, 0.1) is 0 Å². The Morgan fingerprint density at radius 3 is 2.31 bits per heavy atom. The zero-order valence-electron chi connectivity index (χ0n) is 16.8. The predicted molar refractivity (Wildman–Crippen MR) is 118 cm³/mol. The summed E-state index contributed by atoms with van der Waals surface area (Å²) in [5.41, 5.74) is 1.38. The Bertz CT molecular complexity index is 1030. The highest BCUT2D eigenvalue weighted by atomic mass is 35.5. The standard InChI is InChI=1S/C22H21Cl2N3O5/c23-14-7-6-13(15(24)10-14)9-18(22(31)32)25-19(28)11-17-21(30)26-16(20(29)27-17)8-12-4-2-1-3-5-12/h1-7,10,16-18H,8-9,11H2,(H,25,28)(H,26,30)(H,27,29)(H,31,32)/t16-,17-,18-/m0/s1. The molecule has 0 radical (unpaired) electrons. The van der Waals surface area contributed by atoms with E-state index in [1.54, 1.807) is 12.1 Å². The zero-order valence-corrected chi connectivity index (χ0v) is 18.3. The first-order chi connectivity index (χ1) is 15.2. The van der Waals surface area contributed by atoms with Crippen molar-refractivity contribution in [3.8, 4) is 0 Å². The van der Waals surface area contributed by atoms with E-state index in [1.165, 1.54) is 6.07 Å². The number of aliphatic carboxylic acids is 1. The largest absolute Gasteiger partial charge is 0.480 e. The molecule has 10 heteroatoms. The Hall–Kier alpha value is -3.10. The number of carboxylic acids is 1. The zero-order chi connectivity index (χ0) is 23.3. The van der Waals surface area contributed by atoms with E-state index in [-0.39, 0.29) is 11.4 Å². The summed E-state index contributed by atoms with van der Waals surface area (Å²) in [6.07, 6.45) is -0.145. The van der Waals surface area contributed by atoms with Crippen LogP contribution < -0.4 is 16.0 Å². The van der Waals surface area contributed by atoms with Gasteiger partial charge < -0.3 is 21.1 Å². The van der Waals surface area contributed by atoms with Crippen LogP contribution in [-0.4, -0.2) is 46.9 Å². The number of halogens is 2. The molecule has 4 N–H and O–H groups in total. The number of nitrogens with one attached hydrogen (secondary N) is 3. The molecule has 1 heterocycles. The summed E-state index contributed by atoms with van der Waals surface area (Å²) >= 11 is 11.9. The van der Waals surface area contributed by atoms with Crippen LogP contribution in [0.4, 0.5) is 0 Å². The summed E-state index contributed by atoms with van der Waals surface area (Å²) in [7, 11) is 0. The Kier molecular flexibility index (Phi) is 7.71. The van der Waals surface area contributed by atoms with E-state index in [0.717, 1.165) is 5.56 Å². The van der Waals surface area contributed by atoms with E-state index < -0.39 is 48.2 Å². The Morgan fingerprint density at radius 1 is 1.00 bits per heavy atom. The van der Waals surface area contributed by atoms with Gasteiger partial charge in [0.2, 0.25) is 17.7 Å². The fourth-order valence-corrected chi connectivity index (χ4v) is 3.84. The number of carbonyl (C=O) groups excluding carboxylic acids is 3. The van der Waals surface area contributed by atoms with Gasteiger partial charge in [0.25, 0.3) is 0 Å². The lowest BCUT2D eigenvalue weighted by atomic mass is 10.0. The van der Waals surface area contributed by atoms with Gasteiger partial charge in [-0.1, -0.05) is 59.6 Å². The molecule has 3 rings (SSSR count). The second kappa shape index (κ2) is 10.5. The van der Waals surface area contributed by atoms with Gasteiger partial charge in [-0.2, -0.15) is 0 Å². The lowest BCUT2D eigenvalue weighted by molar-refractivity contribution is -0.142. The van der Waals surface area contributed by atoms with Gasteiger partial charge in [-0.25, -0.2) is 4.79 Å². The van der Waals surface area contributed by atoms with Crippen molar-refractivity contribution in [1.82, 2.24) is 16.0 Å². The van der Waals surface area contributed by atoms with Gasteiger partial charge in [-0.05, 0) is 23.3 Å². The van der Waals surface area contributed by atoms with Crippen LogP contribution in [0.1, 0.15) is 17.5 Å². The maximum absolute atomic E-state index is 12.4. The van der Waals surface area contributed by atoms with E-state index in [2.05, 4.69) is 16.0 Å². The third kappa shape index (κ3) is 6.21. The molecule has 1 fully saturated rings. The molecule has 0 spiro atoms. The monoisotopic (exact) mass is 477 g/mol. The molecule has 3 atom stereocenters. The topological polar surface area (TPSA) is 125 Å². The SMILES string of the molecule is O=C(C[C@@H]1NC(=O)[C@H](Cc2ccccc2)NC1=O)N[C@@H](Cc1ccc(Cl)cc1Cl)C(=O)O. The number of hydrogen-bond acceptors (Lipinski definition) is 4. The first-order valence-electron chi connectivity index (χ1n) is 9.83. The van der Waals surface area contributed by atoms with Crippen molar-refractivity contribution < 1.29 is 24.3 Å². The number of rotatable bonds is 8. The maximum Gasteiger partial charge on any atom is 0.326 e. The van der Waals surface area contributed by atoms with Gasteiger partial charge >= 0.3 is 5.97 Å². The number of piperazine rings is 1. The first-order valence-corrected chi connectivity index (χ1v) is 10.6. The molecule has 0 saturated carbocycles. The minimum atomic E-state index is -1.27. The van der Waals surface area contributed by atoms with Gasteiger partial charge in [0.05, 0.1) is 6.42 Å². The van der Waals surface area contributed by atoms with E-state index in [4.69, 9.17) is 23.2 Å². The second-order valence-electron chi connectivity index (χ2n) is 7.41. The van der Waals surface area contributed by atoms with Gasteiger partial charge in [-0.15, -0.1) is 0 Å². The molecule has 1 aliphatic rings. The molecule has 2 aromatic rings. The lowest BCUT2D eigenvalue weighted by Crippen LogP contribution is -2.63. The molecule has 0 aliphatic carbocycles. The summed E-state index contributed by atoms with van der Waals surface area (Å²) in [6.45, 7) is 0. The fourth-order valence-electron chi connectivity index (χ4n) is 3.36. The summed E-state index contributed by atoms with van der Waals surface area (Å²) in [5.74, 6) is -2.86. The molecule has 2 aromatic carbocycles. The molecule has 8 nitrogen and oxygen atoms in total. The van der Waals surface area contributed by atoms with Crippen LogP contribution in [0.2, 0.25) is 10.0 Å². The van der Waals surface area contributed by atoms with Crippen LogP contribution in [0.3, 0.4) is 0 Å². The van der Waals surface area contributed by atoms with Gasteiger partial charge in [0.1, 0.15) is 18.1 Å². The second-order valence-corrected chi connectivity index (χ2v) is 8.26. The Balaban J connectivity index is 1.57. The van der Waals surface area contributed by atoms with Crippen LogP contribution >= 0.6 is 23.2 Å². The Morgan fingerprint density at radius 2 is 1.66 bits per heavy atom. The van der Waals surface area contributed by atoms with Crippen molar-refractivity contribution in [3.05, 3.63) is 69.7 Å². The van der Waals surface area contributed by atoms with E-state index in [1.807, 2.05) is 30.3 Å². The van der Waals surface area contributed by atoms with Gasteiger partial charge in [0.15, 0.2) is 0 Å². The number of carboxylic acid groups (broad SMARTS) is 1. The van der Waals surface area contributed by atoms with Gasteiger partial charge in [0, 0.05) is 22.9 Å². The molecule has 32 heavy (non-hydrogen) atoms. The first kappa shape index (κ1) is 23.6. The molecule has 3 amide bonds. The quantitative estimate of drug-likeness (QED) is 0.460. The summed E-state index contributed by atoms with van der Waals surface area (Å²) in [4.78, 5) is 48.8. The van der Waals surface area contributed by atoms with E-state index in [9.17, 15) is 24.3 Å². The number of carbonyl (C=O) groups is 4. The summed E-state index contributed by atoms with van der Waals surface area (Å²) < 4.78 is 0. The van der Waals surface area contributed by atoms with Crippen LogP contribution in [0.5, 0.6) is 0 Å². The van der Waals surface area contributed by atoms with Crippen molar-refractivity contribution in [2.24, 2.45) is 0 Å². The Labute approximate surface area is 194 Å². The van der Waals surface area contributed by atoms with Crippen LogP contribution in [-0.2, 0) is 32.0 Å². The average molecular weight is 478 g/mol. The molecule has 1 aliphatic heterocycles. The number of amides is 3. The van der Waals surface area contributed by atoms with Crippen LogP contribution in [0.25, 0.3) is 0 Å². The normalized spacial score (nSPS) is 18.9. The molecule has 168 valence electrons. The average Bonchev–Trinajstić information content (AvgIpc) is 2.73. The highest BCUT2D eigenvalue weighted by Gasteiger charge is 2.35.